The van der Waals surface area contributed by atoms with Crippen LogP contribution >= 0.6 is 15.9 Å². The van der Waals surface area contributed by atoms with Crippen LogP contribution in [-0.4, -0.2) is 17.2 Å². The minimum absolute atomic E-state index is 0.380. The van der Waals surface area contributed by atoms with Crippen molar-refractivity contribution >= 4 is 50.4 Å². The first-order valence-electron chi connectivity index (χ1n) is 5.14. The number of hydrogen-bond donors (Lipinski definition) is 2. The first-order valence-corrected chi connectivity index (χ1v) is 5.93. The van der Waals surface area contributed by atoms with Crippen LogP contribution in [0.15, 0.2) is 45.3 Å². The van der Waals surface area contributed by atoms with Crippen molar-refractivity contribution in [3.05, 3.63) is 40.9 Å². The smallest absolute Gasteiger partial charge is 0.456 e. The number of benzene rings is 2. The van der Waals surface area contributed by atoms with E-state index in [1.807, 2.05) is 24.3 Å². The topological polar surface area (TPSA) is 53.6 Å². The zero-order chi connectivity index (χ0) is 12.0. The predicted molar refractivity (Wildman–Crippen MR) is 71.2 cm³/mol. The van der Waals surface area contributed by atoms with Crippen LogP contribution in [0.25, 0.3) is 21.9 Å². The van der Waals surface area contributed by atoms with Crippen LogP contribution in [0.5, 0.6) is 0 Å². The van der Waals surface area contributed by atoms with Crippen LogP contribution in [-0.2, 0) is 0 Å². The lowest BCUT2D eigenvalue weighted by Gasteiger charge is -1.99. The second kappa shape index (κ2) is 3.87. The highest BCUT2D eigenvalue weighted by Crippen LogP contribution is 2.33. The molecule has 5 heteroatoms. The Kier molecular flexibility index (Phi) is 2.47. The van der Waals surface area contributed by atoms with E-state index in [-0.39, 0.29) is 0 Å². The van der Waals surface area contributed by atoms with Gasteiger partial charge >= 0.3 is 7.12 Å². The van der Waals surface area contributed by atoms with E-state index in [4.69, 9.17) is 4.42 Å². The quantitative estimate of drug-likeness (QED) is 0.674. The van der Waals surface area contributed by atoms with E-state index in [9.17, 15) is 10.0 Å². The molecule has 0 atom stereocenters. The lowest BCUT2D eigenvalue weighted by Crippen LogP contribution is -2.29. The zero-order valence-electron chi connectivity index (χ0n) is 8.72. The van der Waals surface area contributed by atoms with Gasteiger partial charge in [-0.2, -0.15) is 0 Å². The Bertz CT molecular complexity index is 705. The third-order valence-corrected chi connectivity index (χ3v) is 3.44. The van der Waals surface area contributed by atoms with E-state index in [1.165, 1.54) is 0 Å². The molecule has 0 aliphatic heterocycles. The summed E-state index contributed by atoms with van der Waals surface area (Å²) in [4.78, 5) is 0. The first-order chi connectivity index (χ1) is 8.18. The molecule has 0 unspecified atom stereocenters. The van der Waals surface area contributed by atoms with Gasteiger partial charge < -0.3 is 14.5 Å². The Morgan fingerprint density at radius 3 is 2.59 bits per heavy atom. The summed E-state index contributed by atoms with van der Waals surface area (Å²) < 4.78 is 6.60. The van der Waals surface area contributed by atoms with E-state index >= 15 is 0 Å². The highest BCUT2D eigenvalue weighted by molar-refractivity contribution is 9.10. The summed E-state index contributed by atoms with van der Waals surface area (Å²) in [5.74, 6) is 0. The molecule has 0 fully saturated rings. The van der Waals surface area contributed by atoms with Gasteiger partial charge in [0.05, 0.1) is 0 Å². The third-order valence-electron chi connectivity index (χ3n) is 2.78. The van der Waals surface area contributed by atoms with Gasteiger partial charge in [-0.3, -0.25) is 0 Å². The summed E-state index contributed by atoms with van der Waals surface area (Å²) in [6.07, 6.45) is 0. The highest BCUT2D eigenvalue weighted by Gasteiger charge is 2.19. The molecule has 1 aromatic heterocycles. The number of hydrogen-bond acceptors (Lipinski definition) is 3. The molecule has 0 bridgehead atoms. The number of para-hydroxylation sites is 1. The summed E-state index contributed by atoms with van der Waals surface area (Å²) in [5.41, 5.74) is 1.62. The van der Waals surface area contributed by atoms with Gasteiger partial charge in [0.2, 0.25) is 0 Å². The van der Waals surface area contributed by atoms with Crippen LogP contribution in [0, 0.1) is 0 Å². The maximum atomic E-state index is 9.30. The molecule has 0 aliphatic carbocycles. The van der Waals surface area contributed by atoms with Crippen molar-refractivity contribution in [2.45, 2.75) is 0 Å². The van der Waals surface area contributed by atoms with Gasteiger partial charge in [0.15, 0.2) is 0 Å². The van der Waals surface area contributed by atoms with Crippen LogP contribution in [0.2, 0.25) is 0 Å². The first kappa shape index (κ1) is 10.8. The maximum Gasteiger partial charge on any atom is 0.492 e. The highest BCUT2D eigenvalue weighted by atomic mass is 79.9. The van der Waals surface area contributed by atoms with Crippen molar-refractivity contribution in [2.75, 3.05) is 0 Å². The van der Waals surface area contributed by atoms with Crippen LogP contribution in [0.3, 0.4) is 0 Å². The second-order valence-corrected chi connectivity index (χ2v) is 4.67. The maximum absolute atomic E-state index is 9.30. The van der Waals surface area contributed by atoms with Gasteiger partial charge in [-0.25, -0.2) is 0 Å². The van der Waals surface area contributed by atoms with Gasteiger partial charge in [-0.05, 0) is 12.1 Å². The minimum atomic E-state index is -1.53. The molecule has 17 heavy (non-hydrogen) atoms. The Morgan fingerprint density at radius 2 is 1.82 bits per heavy atom. The van der Waals surface area contributed by atoms with E-state index in [0.717, 1.165) is 20.8 Å². The number of fused-ring (bicyclic) bond motifs is 3. The van der Waals surface area contributed by atoms with Gasteiger partial charge in [0.1, 0.15) is 11.2 Å². The minimum Gasteiger partial charge on any atom is -0.456 e. The van der Waals surface area contributed by atoms with Crippen molar-refractivity contribution in [1.82, 2.24) is 0 Å². The molecule has 0 saturated carbocycles. The standard InChI is InChI=1S/C12H8BBrO3/c14-9-5-2-6-10-11(9)7-3-1-4-8(13(15)16)12(7)17-10/h1-6,15-16H. The molecule has 84 valence electrons. The fraction of sp³-hybridized carbons (Fsp3) is 0. The summed E-state index contributed by atoms with van der Waals surface area (Å²) in [6.45, 7) is 0. The average molecular weight is 291 g/mol. The lowest BCUT2D eigenvalue weighted by molar-refractivity contribution is 0.425. The largest absolute Gasteiger partial charge is 0.492 e. The van der Waals surface area contributed by atoms with Gasteiger partial charge in [0, 0.05) is 20.7 Å². The predicted octanol–water partition coefficient (Wildman–Crippen LogP) is 2.03. The molecule has 1 heterocycles. The van der Waals surface area contributed by atoms with E-state index < -0.39 is 7.12 Å². The van der Waals surface area contributed by atoms with Crippen molar-refractivity contribution in [3.8, 4) is 0 Å². The number of furan rings is 1. The monoisotopic (exact) mass is 290 g/mol. The zero-order valence-corrected chi connectivity index (χ0v) is 10.3. The molecular weight excluding hydrogens is 283 g/mol. The second-order valence-electron chi connectivity index (χ2n) is 3.81. The molecule has 0 aliphatic rings. The molecule has 2 aromatic carbocycles. The SMILES string of the molecule is OB(O)c1cccc2c1oc1cccc(Br)c12. The van der Waals surface area contributed by atoms with Crippen LogP contribution < -0.4 is 5.46 Å². The Hall–Kier alpha value is -1.30. The van der Waals surface area contributed by atoms with Crippen LogP contribution in [0.1, 0.15) is 0 Å². The van der Waals surface area contributed by atoms with E-state index in [0.29, 0.717) is 11.0 Å². The number of rotatable bonds is 1. The summed E-state index contributed by atoms with van der Waals surface area (Å²) >= 11 is 3.47. The normalized spacial score (nSPS) is 11.2. The van der Waals surface area contributed by atoms with Crippen molar-refractivity contribution in [2.24, 2.45) is 0 Å². The van der Waals surface area contributed by atoms with Crippen LogP contribution in [0.4, 0.5) is 0 Å². The molecule has 3 aromatic rings. The molecule has 2 N–H and O–H groups in total. The fourth-order valence-electron chi connectivity index (χ4n) is 2.03. The Morgan fingerprint density at radius 1 is 1.06 bits per heavy atom. The summed E-state index contributed by atoms with van der Waals surface area (Å²) in [6, 6.07) is 11.0. The summed E-state index contributed by atoms with van der Waals surface area (Å²) in [5, 5.41) is 20.4. The molecule has 0 spiro atoms. The molecular formula is C12H8BBrO3. The van der Waals surface area contributed by atoms with E-state index in [1.54, 1.807) is 12.1 Å². The molecule has 0 radical (unpaired) electrons. The van der Waals surface area contributed by atoms with Crippen molar-refractivity contribution in [1.29, 1.82) is 0 Å². The van der Waals surface area contributed by atoms with Gasteiger partial charge in [0.25, 0.3) is 0 Å². The molecule has 3 nitrogen and oxygen atoms in total. The lowest BCUT2D eigenvalue weighted by atomic mass is 9.79. The average Bonchev–Trinajstić information content (AvgIpc) is 2.67. The Balaban J connectivity index is 2.52. The van der Waals surface area contributed by atoms with E-state index in [2.05, 4.69) is 15.9 Å². The molecule has 3 rings (SSSR count). The number of halogens is 1. The van der Waals surface area contributed by atoms with Crippen molar-refractivity contribution in [3.63, 3.8) is 0 Å². The fourth-order valence-corrected chi connectivity index (χ4v) is 2.59. The third kappa shape index (κ3) is 1.58. The van der Waals surface area contributed by atoms with Gasteiger partial charge in [-0.1, -0.05) is 40.2 Å². The summed E-state index contributed by atoms with van der Waals surface area (Å²) in [7, 11) is -1.53. The molecule has 0 saturated heterocycles. The van der Waals surface area contributed by atoms with Crippen molar-refractivity contribution < 1.29 is 14.5 Å². The Labute approximate surface area is 106 Å². The van der Waals surface area contributed by atoms with Gasteiger partial charge in [-0.15, -0.1) is 0 Å². The molecule has 0 amide bonds.